The molecule has 1 aliphatic carbocycles. The van der Waals surface area contributed by atoms with E-state index in [0.29, 0.717) is 11.6 Å². The van der Waals surface area contributed by atoms with Crippen LogP contribution in [-0.4, -0.2) is 4.98 Å². The van der Waals surface area contributed by atoms with Gasteiger partial charge in [-0.05, 0) is 55.9 Å². The summed E-state index contributed by atoms with van der Waals surface area (Å²) < 4.78 is 8.49. The lowest BCUT2D eigenvalue weighted by Crippen LogP contribution is -2.32. The fraction of sp³-hybridized carbons (Fsp3) is 0.333. The van der Waals surface area contributed by atoms with E-state index in [1.165, 1.54) is 53.6 Å². The molecule has 1 aliphatic rings. The molecule has 3 aromatic heterocycles. The van der Waals surface area contributed by atoms with Crippen molar-refractivity contribution >= 4 is 22.1 Å². The molecule has 5 rings (SSSR count). The Kier molecular flexibility index (Phi) is 3.78. The lowest BCUT2D eigenvalue weighted by molar-refractivity contribution is -0.660. The third kappa shape index (κ3) is 2.56. The van der Waals surface area contributed by atoms with Crippen LogP contribution < -0.4 is 4.57 Å². The predicted molar refractivity (Wildman–Crippen MR) is 109 cm³/mol. The number of benzene rings is 1. The molecule has 0 bridgehead atoms. The molecule has 1 aromatic carbocycles. The zero-order chi connectivity index (χ0) is 18.5. The Bertz CT molecular complexity index is 1170. The normalized spacial score (nSPS) is 15.2. The van der Waals surface area contributed by atoms with E-state index < -0.39 is 0 Å². The van der Waals surface area contributed by atoms with Crippen LogP contribution in [0.2, 0.25) is 0 Å². The van der Waals surface area contributed by atoms with Crippen molar-refractivity contribution in [2.24, 2.45) is 7.05 Å². The van der Waals surface area contributed by atoms with Crippen molar-refractivity contribution in [3.8, 4) is 11.3 Å². The van der Waals surface area contributed by atoms with Crippen LogP contribution in [0, 0.1) is 13.8 Å². The first kappa shape index (κ1) is 16.5. The summed E-state index contributed by atoms with van der Waals surface area (Å²) in [5, 5.41) is 2.22. The number of aryl methyl sites for hydroxylation is 3. The molecule has 136 valence electrons. The van der Waals surface area contributed by atoms with Gasteiger partial charge in [0, 0.05) is 28.6 Å². The predicted octanol–water partition coefficient (Wildman–Crippen LogP) is 5.75. The Labute approximate surface area is 159 Å². The van der Waals surface area contributed by atoms with Crippen LogP contribution in [0.3, 0.4) is 0 Å². The quantitative estimate of drug-likeness (QED) is 0.428. The van der Waals surface area contributed by atoms with Crippen LogP contribution >= 0.6 is 0 Å². The molecule has 4 aromatic rings. The smallest absolute Gasteiger partial charge is 0.227 e. The average Bonchev–Trinajstić information content (AvgIpc) is 3.30. The minimum Gasteiger partial charge on any atom is -0.437 e. The van der Waals surface area contributed by atoms with Gasteiger partial charge in [0.1, 0.15) is 7.05 Å². The van der Waals surface area contributed by atoms with Crippen LogP contribution in [0.4, 0.5) is 0 Å². The summed E-state index contributed by atoms with van der Waals surface area (Å²) in [6.07, 6.45) is 9.40. The van der Waals surface area contributed by atoms with Gasteiger partial charge in [-0.25, -0.2) is 9.55 Å². The van der Waals surface area contributed by atoms with Gasteiger partial charge in [0.25, 0.3) is 0 Å². The van der Waals surface area contributed by atoms with Gasteiger partial charge >= 0.3 is 0 Å². The molecule has 0 aliphatic heterocycles. The SMILES string of the molecule is Cc1c[n+](C)c(-c2c(C)ccc3c2oc2ncccc23)cc1C1CCCC1. The molecule has 27 heavy (non-hydrogen) atoms. The van der Waals surface area contributed by atoms with Gasteiger partial charge in [0.2, 0.25) is 11.4 Å². The van der Waals surface area contributed by atoms with Crippen LogP contribution in [0.1, 0.15) is 48.3 Å². The van der Waals surface area contributed by atoms with Gasteiger partial charge in [-0.1, -0.05) is 25.0 Å². The van der Waals surface area contributed by atoms with E-state index in [9.17, 15) is 0 Å². The molecule has 0 N–H and O–H groups in total. The summed E-state index contributed by atoms with van der Waals surface area (Å²) in [6.45, 7) is 4.42. The Hall–Kier alpha value is -2.68. The van der Waals surface area contributed by atoms with Crippen molar-refractivity contribution < 1.29 is 8.98 Å². The molecule has 0 radical (unpaired) electrons. The van der Waals surface area contributed by atoms with Gasteiger partial charge < -0.3 is 4.42 Å². The van der Waals surface area contributed by atoms with E-state index in [1.807, 2.05) is 6.07 Å². The fourth-order valence-corrected chi connectivity index (χ4v) is 4.81. The maximum atomic E-state index is 6.24. The number of hydrogen-bond acceptors (Lipinski definition) is 2. The first-order valence-electron chi connectivity index (χ1n) is 9.91. The van der Waals surface area contributed by atoms with Gasteiger partial charge in [-0.3, -0.25) is 0 Å². The molecule has 0 unspecified atom stereocenters. The van der Waals surface area contributed by atoms with Gasteiger partial charge in [-0.15, -0.1) is 0 Å². The van der Waals surface area contributed by atoms with E-state index in [1.54, 1.807) is 6.20 Å². The number of aromatic nitrogens is 2. The number of rotatable bonds is 2. The number of furan rings is 1. The summed E-state index contributed by atoms with van der Waals surface area (Å²) in [5.41, 5.74) is 8.21. The van der Waals surface area contributed by atoms with Crippen molar-refractivity contribution in [3.63, 3.8) is 0 Å². The molecule has 0 spiro atoms. The second-order valence-corrected chi connectivity index (χ2v) is 7.98. The van der Waals surface area contributed by atoms with Crippen LogP contribution in [0.5, 0.6) is 0 Å². The Morgan fingerprint density at radius 3 is 2.67 bits per heavy atom. The Morgan fingerprint density at radius 1 is 1.04 bits per heavy atom. The van der Waals surface area contributed by atoms with Gasteiger partial charge in [0.05, 0.1) is 5.56 Å². The topological polar surface area (TPSA) is 29.9 Å². The average molecular weight is 357 g/mol. The standard InChI is InChI=1S/C24H25N2O/c1-15-10-11-18-19-9-6-12-25-24(19)27-23(18)22(15)21-13-20(16(2)14-26(21)3)17-7-4-5-8-17/h6,9-14,17H,4-5,7-8H2,1-3H3/q+1. The Balaban J connectivity index is 1.80. The molecule has 3 nitrogen and oxygen atoms in total. The van der Waals surface area contributed by atoms with E-state index in [2.05, 4.69) is 60.9 Å². The summed E-state index contributed by atoms with van der Waals surface area (Å²) >= 11 is 0. The van der Waals surface area contributed by atoms with Crippen molar-refractivity contribution in [2.45, 2.75) is 45.4 Å². The minimum absolute atomic E-state index is 0.696. The third-order valence-corrected chi connectivity index (χ3v) is 6.19. The molecule has 1 fully saturated rings. The summed E-state index contributed by atoms with van der Waals surface area (Å²) in [5.74, 6) is 0.696. The second kappa shape index (κ2) is 6.19. The number of hydrogen-bond donors (Lipinski definition) is 0. The lowest BCUT2D eigenvalue weighted by atomic mass is 9.91. The van der Waals surface area contributed by atoms with E-state index in [4.69, 9.17) is 4.42 Å². The third-order valence-electron chi connectivity index (χ3n) is 6.19. The summed E-state index contributed by atoms with van der Waals surface area (Å²) in [6, 6.07) is 10.8. The molecule has 0 atom stereocenters. The Morgan fingerprint density at radius 2 is 1.85 bits per heavy atom. The lowest BCUT2D eigenvalue weighted by Gasteiger charge is -2.14. The zero-order valence-corrected chi connectivity index (χ0v) is 16.2. The first-order valence-corrected chi connectivity index (χ1v) is 9.91. The second-order valence-electron chi connectivity index (χ2n) is 7.98. The van der Waals surface area contributed by atoms with Crippen LogP contribution in [-0.2, 0) is 7.05 Å². The van der Waals surface area contributed by atoms with Gasteiger partial charge in [0.15, 0.2) is 11.8 Å². The van der Waals surface area contributed by atoms with E-state index in [-0.39, 0.29) is 0 Å². The number of pyridine rings is 2. The largest absolute Gasteiger partial charge is 0.437 e. The zero-order valence-electron chi connectivity index (χ0n) is 16.2. The highest BCUT2D eigenvalue weighted by molar-refractivity contribution is 6.08. The van der Waals surface area contributed by atoms with E-state index in [0.717, 1.165) is 16.4 Å². The maximum Gasteiger partial charge on any atom is 0.227 e. The van der Waals surface area contributed by atoms with Crippen molar-refractivity contribution in [1.82, 2.24) is 4.98 Å². The number of fused-ring (bicyclic) bond motifs is 3. The molecule has 1 saturated carbocycles. The van der Waals surface area contributed by atoms with Crippen molar-refractivity contribution in [2.75, 3.05) is 0 Å². The molecule has 0 amide bonds. The molecule has 3 heteroatoms. The summed E-state index contributed by atoms with van der Waals surface area (Å²) in [7, 11) is 2.14. The summed E-state index contributed by atoms with van der Waals surface area (Å²) in [4.78, 5) is 4.43. The highest BCUT2D eigenvalue weighted by Gasteiger charge is 2.26. The highest BCUT2D eigenvalue weighted by Crippen LogP contribution is 2.39. The molecule has 3 heterocycles. The highest BCUT2D eigenvalue weighted by atomic mass is 16.3. The maximum absolute atomic E-state index is 6.24. The van der Waals surface area contributed by atoms with Crippen molar-refractivity contribution in [1.29, 1.82) is 0 Å². The molecule has 0 saturated heterocycles. The van der Waals surface area contributed by atoms with E-state index >= 15 is 0 Å². The molecular weight excluding hydrogens is 332 g/mol. The van der Waals surface area contributed by atoms with Crippen molar-refractivity contribution in [3.05, 3.63) is 59.4 Å². The fourth-order valence-electron chi connectivity index (χ4n) is 4.81. The first-order chi connectivity index (χ1) is 13.1. The molecular formula is C24H25N2O+. The van der Waals surface area contributed by atoms with Gasteiger partial charge in [-0.2, -0.15) is 0 Å². The van der Waals surface area contributed by atoms with Crippen LogP contribution in [0.15, 0.2) is 47.1 Å². The minimum atomic E-state index is 0.696. The van der Waals surface area contributed by atoms with Crippen LogP contribution in [0.25, 0.3) is 33.3 Å². The monoisotopic (exact) mass is 357 g/mol. The number of nitrogens with zero attached hydrogens (tertiary/aromatic N) is 2.